The topological polar surface area (TPSA) is 61.4 Å². The summed E-state index contributed by atoms with van der Waals surface area (Å²) in [6.45, 7) is 8.90. The highest BCUT2D eigenvalue weighted by Crippen LogP contribution is 2.26. The second-order valence-electron chi connectivity index (χ2n) is 6.48. The Morgan fingerprint density at radius 2 is 2.09 bits per heavy atom. The molecule has 1 aliphatic heterocycles. The lowest BCUT2D eigenvalue weighted by molar-refractivity contribution is 0.0632. The number of benzene rings is 1. The highest BCUT2D eigenvalue weighted by Gasteiger charge is 2.20. The van der Waals surface area contributed by atoms with E-state index >= 15 is 0 Å². The van der Waals surface area contributed by atoms with Gasteiger partial charge in [-0.2, -0.15) is 5.10 Å². The van der Waals surface area contributed by atoms with E-state index in [1.165, 1.54) is 16.8 Å². The minimum Gasteiger partial charge on any atom is -0.490 e. The van der Waals surface area contributed by atoms with Crippen molar-refractivity contribution < 1.29 is 9.84 Å². The van der Waals surface area contributed by atoms with Crippen molar-refractivity contribution in [3.05, 3.63) is 46.3 Å². The summed E-state index contributed by atoms with van der Waals surface area (Å²) in [6.07, 6.45) is 2.34. The zero-order chi connectivity index (χ0) is 16.4. The van der Waals surface area contributed by atoms with Crippen LogP contribution in [0.4, 0.5) is 0 Å². The molecule has 1 aromatic carbocycles. The highest BCUT2D eigenvalue weighted by molar-refractivity contribution is 5.44. The first-order chi connectivity index (χ1) is 11.0. The summed E-state index contributed by atoms with van der Waals surface area (Å²) in [5, 5.41) is 17.4. The maximum Gasteiger partial charge on any atom is 0.125 e. The Hall–Kier alpha value is -1.85. The second-order valence-corrected chi connectivity index (χ2v) is 6.48. The molecule has 0 spiro atoms. The zero-order valence-corrected chi connectivity index (χ0v) is 14.1. The highest BCUT2D eigenvalue weighted by atomic mass is 16.5. The maximum atomic E-state index is 10.3. The Balaban J connectivity index is 1.55. The Labute approximate surface area is 137 Å². The number of aromatic nitrogens is 2. The molecule has 0 saturated heterocycles. The zero-order valence-electron chi connectivity index (χ0n) is 14.1. The fourth-order valence-electron chi connectivity index (χ4n) is 3.11. The SMILES string of the molecule is Cc1ccc(C)c(OCC(O)CN2CCc3[nH]ncc3C2)c1C. The van der Waals surface area contributed by atoms with Gasteiger partial charge in [0.05, 0.1) is 6.20 Å². The minimum absolute atomic E-state index is 0.319. The number of ether oxygens (including phenoxy) is 1. The van der Waals surface area contributed by atoms with Crippen molar-refractivity contribution in [3.63, 3.8) is 0 Å². The van der Waals surface area contributed by atoms with Crippen molar-refractivity contribution in [1.82, 2.24) is 15.1 Å². The molecule has 0 saturated carbocycles. The molecule has 0 radical (unpaired) electrons. The molecular weight excluding hydrogens is 290 g/mol. The van der Waals surface area contributed by atoms with E-state index in [1.807, 2.05) is 13.1 Å². The van der Waals surface area contributed by atoms with E-state index in [9.17, 15) is 5.11 Å². The van der Waals surface area contributed by atoms with Crippen molar-refractivity contribution in [3.8, 4) is 5.75 Å². The number of aliphatic hydroxyl groups excluding tert-OH is 1. The predicted molar refractivity (Wildman–Crippen MR) is 89.7 cm³/mol. The van der Waals surface area contributed by atoms with E-state index in [2.05, 4.69) is 41.1 Å². The largest absolute Gasteiger partial charge is 0.490 e. The van der Waals surface area contributed by atoms with E-state index in [-0.39, 0.29) is 0 Å². The van der Waals surface area contributed by atoms with E-state index in [0.717, 1.165) is 36.4 Å². The summed E-state index contributed by atoms with van der Waals surface area (Å²) in [5.74, 6) is 0.903. The van der Waals surface area contributed by atoms with Crippen LogP contribution in [0.2, 0.25) is 0 Å². The van der Waals surface area contributed by atoms with Crippen molar-refractivity contribution >= 4 is 0 Å². The molecule has 23 heavy (non-hydrogen) atoms. The minimum atomic E-state index is -0.497. The smallest absolute Gasteiger partial charge is 0.125 e. The van der Waals surface area contributed by atoms with Gasteiger partial charge in [0.25, 0.3) is 0 Å². The van der Waals surface area contributed by atoms with Gasteiger partial charge in [-0.1, -0.05) is 12.1 Å². The molecule has 0 fully saturated rings. The first-order valence-electron chi connectivity index (χ1n) is 8.15. The molecule has 1 unspecified atom stereocenters. The number of aromatic amines is 1. The molecule has 5 nitrogen and oxygen atoms in total. The van der Waals surface area contributed by atoms with Crippen LogP contribution in [0.1, 0.15) is 27.9 Å². The average Bonchev–Trinajstić information content (AvgIpc) is 2.99. The molecule has 3 rings (SSSR count). The molecule has 2 aromatic rings. The number of hydrogen-bond acceptors (Lipinski definition) is 4. The van der Waals surface area contributed by atoms with Crippen molar-refractivity contribution in [2.24, 2.45) is 0 Å². The lowest BCUT2D eigenvalue weighted by Gasteiger charge is -2.28. The number of fused-ring (bicyclic) bond motifs is 1. The summed E-state index contributed by atoms with van der Waals surface area (Å²) >= 11 is 0. The van der Waals surface area contributed by atoms with Gasteiger partial charge in [0, 0.05) is 37.3 Å². The van der Waals surface area contributed by atoms with Crippen LogP contribution in [0.15, 0.2) is 18.3 Å². The molecule has 124 valence electrons. The van der Waals surface area contributed by atoms with Crippen molar-refractivity contribution in [2.75, 3.05) is 19.7 Å². The first-order valence-corrected chi connectivity index (χ1v) is 8.15. The number of aliphatic hydroxyl groups is 1. The van der Waals surface area contributed by atoms with E-state index in [1.54, 1.807) is 0 Å². The molecule has 0 aliphatic carbocycles. The number of H-pyrrole nitrogens is 1. The van der Waals surface area contributed by atoms with Gasteiger partial charge >= 0.3 is 0 Å². The van der Waals surface area contributed by atoms with Gasteiger partial charge in [-0.25, -0.2) is 0 Å². The van der Waals surface area contributed by atoms with Crippen LogP contribution in [0.25, 0.3) is 0 Å². The Morgan fingerprint density at radius 3 is 2.91 bits per heavy atom. The number of hydrogen-bond donors (Lipinski definition) is 2. The summed E-state index contributed by atoms with van der Waals surface area (Å²) in [5.41, 5.74) is 5.93. The van der Waals surface area contributed by atoms with Crippen LogP contribution >= 0.6 is 0 Å². The predicted octanol–water partition coefficient (Wildman–Crippen LogP) is 2.13. The summed E-state index contributed by atoms with van der Waals surface area (Å²) < 4.78 is 5.91. The lowest BCUT2D eigenvalue weighted by Crippen LogP contribution is -2.38. The molecule has 1 aromatic heterocycles. The van der Waals surface area contributed by atoms with E-state index in [4.69, 9.17) is 4.74 Å². The molecule has 0 bridgehead atoms. The van der Waals surface area contributed by atoms with Gasteiger partial charge in [0.15, 0.2) is 0 Å². The number of nitrogens with zero attached hydrogens (tertiary/aromatic N) is 2. The molecular formula is C18H25N3O2. The number of aryl methyl sites for hydroxylation is 2. The molecule has 1 aliphatic rings. The van der Waals surface area contributed by atoms with Crippen LogP contribution in [0.5, 0.6) is 5.75 Å². The first kappa shape index (κ1) is 16.0. The van der Waals surface area contributed by atoms with Gasteiger partial charge in [0.2, 0.25) is 0 Å². The van der Waals surface area contributed by atoms with Gasteiger partial charge in [-0.3, -0.25) is 10.00 Å². The third-order valence-corrected chi connectivity index (χ3v) is 4.64. The van der Waals surface area contributed by atoms with Crippen molar-refractivity contribution in [1.29, 1.82) is 0 Å². The van der Waals surface area contributed by atoms with Crippen LogP contribution in [0.3, 0.4) is 0 Å². The summed E-state index contributed by atoms with van der Waals surface area (Å²) in [7, 11) is 0. The second kappa shape index (κ2) is 6.72. The normalized spacial score (nSPS) is 16.2. The van der Waals surface area contributed by atoms with Crippen LogP contribution in [0, 0.1) is 20.8 Å². The Bertz CT molecular complexity index is 681. The van der Waals surface area contributed by atoms with Gasteiger partial charge < -0.3 is 9.84 Å². The standard InChI is InChI=1S/C18H25N3O2/c1-12-4-5-13(2)18(14(12)3)23-11-16(22)10-21-7-6-17-15(9-21)8-19-20-17/h4-5,8,16,22H,6-7,9-11H2,1-3H3,(H,19,20). The third kappa shape index (κ3) is 3.57. The fraction of sp³-hybridized carbons (Fsp3) is 0.500. The average molecular weight is 315 g/mol. The van der Waals surface area contributed by atoms with Gasteiger partial charge in [-0.05, 0) is 37.5 Å². The Morgan fingerprint density at radius 1 is 1.30 bits per heavy atom. The molecule has 5 heteroatoms. The summed E-state index contributed by atoms with van der Waals surface area (Å²) in [4.78, 5) is 2.25. The van der Waals surface area contributed by atoms with Crippen molar-refractivity contribution in [2.45, 2.75) is 39.8 Å². The number of nitrogens with one attached hydrogen (secondary N) is 1. The van der Waals surface area contributed by atoms with E-state index in [0.29, 0.717) is 13.2 Å². The monoisotopic (exact) mass is 315 g/mol. The van der Waals surface area contributed by atoms with Crippen LogP contribution < -0.4 is 4.74 Å². The number of β-amino-alcohol motifs (C(OH)–C–C–N with tert-alkyl or cyclic N) is 1. The molecule has 2 heterocycles. The lowest BCUT2D eigenvalue weighted by atomic mass is 10.1. The maximum absolute atomic E-state index is 10.3. The van der Waals surface area contributed by atoms with Gasteiger partial charge in [-0.15, -0.1) is 0 Å². The molecule has 2 N–H and O–H groups in total. The summed E-state index contributed by atoms with van der Waals surface area (Å²) in [6, 6.07) is 4.17. The quantitative estimate of drug-likeness (QED) is 0.887. The van der Waals surface area contributed by atoms with Gasteiger partial charge in [0.1, 0.15) is 18.5 Å². The van der Waals surface area contributed by atoms with Crippen LogP contribution in [-0.4, -0.2) is 46.0 Å². The third-order valence-electron chi connectivity index (χ3n) is 4.64. The Kier molecular flexibility index (Phi) is 4.68. The fourth-order valence-corrected chi connectivity index (χ4v) is 3.11. The molecule has 0 amide bonds. The van der Waals surface area contributed by atoms with Crippen LogP contribution in [-0.2, 0) is 13.0 Å². The number of rotatable bonds is 5. The van der Waals surface area contributed by atoms with E-state index < -0.39 is 6.10 Å². The molecule has 1 atom stereocenters.